The molecule has 2 rings (SSSR count). The lowest BCUT2D eigenvalue weighted by atomic mass is 9.93. The number of piperidine rings is 1. The Bertz CT molecular complexity index is 503. The molecule has 0 aliphatic carbocycles. The van der Waals surface area contributed by atoms with Crippen molar-refractivity contribution < 1.29 is 14.7 Å². The molecule has 0 saturated carbocycles. The van der Waals surface area contributed by atoms with Crippen molar-refractivity contribution in [2.75, 3.05) is 13.1 Å². The van der Waals surface area contributed by atoms with E-state index in [1.165, 1.54) is 0 Å². The van der Waals surface area contributed by atoms with E-state index in [0.29, 0.717) is 25.4 Å². The van der Waals surface area contributed by atoms with Crippen LogP contribution in [0.4, 0.5) is 4.79 Å². The Hall–Kier alpha value is -1.63. The van der Waals surface area contributed by atoms with E-state index in [1.807, 2.05) is 12.3 Å². The average molecular weight is 311 g/mol. The summed E-state index contributed by atoms with van der Waals surface area (Å²) in [5.74, 6) is -0.474. The summed E-state index contributed by atoms with van der Waals surface area (Å²) in [4.78, 5) is 28.9. The van der Waals surface area contributed by atoms with Crippen LogP contribution in [0.2, 0.25) is 0 Å². The molecule has 1 aromatic heterocycles. The summed E-state index contributed by atoms with van der Waals surface area (Å²) in [5.41, 5.74) is 0.968. The van der Waals surface area contributed by atoms with Crippen molar-refractivity contribution in [2.24, 2.45) is 5.92 Å². The van der Waals surface area contributed by atoms with Gasteiger partial charge in [0.1, 0.15) is 5.01 Å². The summed E-state index contributed by atoms with van der Waals surface area (Å²) in [6.45, 7) is 3.77. The molecule has 0 radical (unpaired) electrons. The Balaban J connectivity index is 1.77. The molecule has 1 saturated heterocycles. The van der Waals surface area contributed by atoms with Crippen LogP contribution in [0.1, 0.15) is 36.4 Å². The number of carboxylic acids is 1. The number of hydrogen-bond donors (Lipinski definition) is 2. The number of nitrogens with zero attached hydrogens (tertiary/aromatic N) is 2. The number of carbonyl (C=O) groups excluding carboxylic acids is 1. The molecule has 2 amide bonds. The largest absolute Gasteiger partial charge is 0.481 e. The van der Waals surface area contributed by atoms with Gasteiger partial charge in [-0.2, -0.15) is 0 Å². The van der Waals surface area contributed by atoms with Crippen molar-refractivity contribution >= 4 is 23.3 Å². The van der Waals surface area contributed by atoms with Crippen LogP contribution in [-0.4, -0.2) is 40.1 Å². The fourth-order valence-electron chi connectivity index (χ4n) is 2.56. The maximum absolute atomic E-state index is 12.1. The highest BCUT2D eigenvalue weighted by molar-refractivity contribution is 7.09. The van der Waals surface area contributed by atoms with Crippen molar-refractivity contribution in [3.05, 3.63) is 16.1 Å². The number of aryl methyl sites for hydroxylation is 1. The van der Waals surface area contributed by atoms with Crippen LogP contribution >= 0.6 is 11.3 Å². The van der Waals surface area contributed by atoms with E-state index in [0.717, 1.165) is 30.1 Å². The van der Waals surface area contributed by atoms with Crippen LogP contribution in [0.3, 0.4) is 0 Å². The van der Waals surface area contributed by atoms with Crippen molar-refractivity contribution in [3.63, 3.8) is 0 Å². The summed E-state index contributed by atoms with van der Waals surface area (Å²) >= 11 is 1.54. The van der Waals surface area contributed by atoms with E-state index in [1.54, 1.807) is 16.2 Å². The molecule has 6 nitrogen and oxygen atoms in total. The van der Waals surface area contributed by atoms with Gasteiger partial charge < -0.3 is 15.3 Å². The predicted molar refractivity (Wildman–Crippen MR) is 80.3 cm³/mol. The summed E-state index contributed by atoms with van der Waals surface area (Å²) in [5, 5.41) is 14.5. The lowest BCUT2D eigenvalue weighted by molar-refractivity contribution is -0.137. The Labute approximate surface area is 128 Å². The fourth-order valence-corrected chi connectivity index (χ4v) is 3.27. The molecule has 7 heteroatoms. The third-order valence-electron chi connectivity index (χ3n) is 3.63. The number of hydrogen-bond acceptors (Lipinski definition) is 4. The van der Waals surface area contributed by atoms with Gasteiger partial charge in [-0.1, -0.05) is 0 Å². The second-order valence-corrected chi connectivity index (χ2v) is 6.37. The molecule has 0 spiro atoms. The third kappa shape index (κ3) is 5.00. The number of amides is 2. The molecule has 2 N–H and O–H groups in total. The van der Waals surface area contributed by atoms with E-state index >= 15 is 0 Å². The number of nitrogens with one attached hydrogen (secondary N) is 1. The predicted octanol–water partition coefficient (Wildman–Crippen LogP) is 2.24. The molecule has 2 heterocycles. The Morgan fingerprint density at radius 1 is 1.57 bits per heavy atom. The van der Waals surface area contributed by atoms with Crippen LogP contribution in [0, 0.1) is 12.8 Å². The minimum Gasteiger partial charge on any atom is -0.481 e. The number of urea groups is 1. The summed E-state index contributed by atoms with van der Waals surface area (Å²) in [6, 6.07) is -0.0807. The Morgan fingerprint density at radius 3 is 3.05 bits per heavy atom. The van der Waals surface area contributed by atoms with Gasteiger partial charge in [0.2, 0.25) is 0 Å². The van der Waals surface area contributed by atoms with E-state index in [4.69, 9.17) is 5.11 Å². The van der Waals surface area contributed by atoms with Gasteiger partial charge in [0, 0.05) is 30.6 Å². The van der Waals surface area contributed by atoms with Crippen molar-refractivity contribution in [1.29, 1.82) is 0 Å². The molecule has 0 bridgehead atoms. The fraction of sp³-hybridized carbons (Fsp3) is 0.643. The number of carboxylic acid groups (broad SMARTS) is 1. The molecule has 21 heavy (non-hydrogen) atoms. The van der Waals surface area contributed by atoms with Gasteiger partial charge in [0.15, 0.2) is 0 Å². The number of aromatic nitrogens is 1. The molecule has 0 aromatic carbocycles. The van der Waals surface area contributed by atoms with Gasteiger partial charge in [-0.05, 0) is 32.1 Å². The molecule has 1 aliphatic rings. The minimum atomic E-state index is -0.768. The monoisotopic (exact) mass is 311 g/mol. The molecular formula is C14H21N3O3S. The van der Waals surface area contributed by atoms with Gasteiger partial charge in [-0.25, -0.2) is 9.78 Å². The van der Waals surface area contributed by atoms with Crippen molar-refractivity contribution in [2.45, 2.75) is 39.2 Å². The van der Waals surface area contributed by atoms with Crippen LogP contribution in [0.15, 0.2) is 5.38 Å². The maximum atomic E-state index is 12.1. The Kier molecular flexibility index (Phi) is 5.55. The van der Waals surface area contributed by atoms with Crippen LogP contribution in [0.25, 0.3) is 0 Å². The average Bonchev–Trinajstić information content (AvgIpc) is 2.88. The number of aliphatic carboxylic acids is 1. The highest BCUT2D eigenvalue weighted by atomic mass is 32.1. The lowest BCUT2D eigenvalue weighted by Crippen LogP contribution is -2.45. The standard InChI is InChI=1S/C14H21N3O3S/c1-10-9-21-12(16-10)7-15-14(20)17-6-2-3-11(8-17)4-5-13(18)19/h9,11H,2-8H2,1H3,(H,15,20)(H,18,19). The zero-order chi connectivity index (χ0) is 15.2. The minimum absolute atomic E-state index is 0.0807. The molecule has 1 aliphatic heterocycles. The second-order valence-electron chi connectivity index (χ2n) is 5.43. The van der Waals surface area contributed by atoms with E-state index in [-0.39, 0.29) is 12.5 Å². The van der Waals surface area contributed by atoms with Crippen LogP contribution in [0.5, 0.6) is 0 Å². The van der Waals surface area contributed by atoms with Crippen LogP contribution < -0.4 is 5.32 Å². The molecule has 1 aromatic rings. The lowest BCUT2D eigenvalue weighted by Gasteiger charge is -2.32. The van der Waals surface area contributed by atoms with E-state index in [9.17, 15) is 9.59 Å². The number of likely N-dealkylation sites (tertiary alicyclic amines) is 1. The van der Waals surface area contributed by atoms with Gasteiger partial charge in [-0.15, -0.1) is 11.3 Å². The summed E-state index contributed by atoms with van der Waals surface area (Å²) in [7, 11) is 0. The molecular weight excluding hydrogens is 290 g/mol. The first-order valence-electron chi connectivity index (χ1n) is 7.20. The topological polar surface area (TPSA) is 82.5 Å². The second kappa shape index (κ2) is 7.40. The number of carbonyl (C=O) groups is 2. The molecule has 116 valence electrons. The summed E-state index contributed by atoms with van der Waals surface area (Å²) < 4.78 is 0. The smallest absolute Gasteiger partial charge is 0.317 e. The molecule has 1 atom stereocenters. The van der Waals surface area contributed by atoms with Gasteiger partial charge in [-0.3, -0.25) is 4.79 Å². The van der Waals surface area contributed by atoms with Crippen LogP contribution in [-0.2, 0) is 11.3 Å². The third-order valence-corrected chi connectivity index (χ3v) is 4.60. The first-order chi connectivity index (χ1) is 10.0. The van der Waals surface area contributed by atoms with Gasteiger partial charge >= 0.3 is 12.0 Å². The Morgan fingerprint density at radius 2 is 2.38 bits per heavy atom. The highest BCUT2D eigenvalue weighted by Crippen LogP contribution is 2.21. The number of rotatable bonds is 5. The zero-order valence-corrected chi connectivity index (χ0v) is 13.0. The first-order valence-corrected chi connectivity index (χ1v) is 8.08. The zero-order valence-electron chi connectivity index (χ0n) is 12.2. The maximum Gasteiger partial charge on any atom is 0.317 e. The molecule has 1 unspecified atom stereocenters. The quantitative estimate of drug-likeness (QED) is 0.873. The number of thiazole rings is 1. The molecule has 1 fully saturated rings. The van der Waals surface area contributed by atoms with Crippen molar-refractivity contribution in [3.8, 4) is 0 Å². The van der Waals surface area contributed by atoms with Crippen molar-refractivity contribution in [1.82, 2.24) is 15.2 Å². The highest BCUT2D eigenvalue weighted by Gasteiger charge is 2.23. The van der Waals surface area contributed by atoms with Gasteiger partial charge in [0.25, 0.3) is 0 Å². The first kappa shape index (κ1) is 15.8. The normalized spacial score (nSPS) is 18.5. The SMILES string of the molecule is Cc1csc(CNC(=O)N2CCCC(CCC(=O)O)C2)n1. The summed E-state index contributed by atoms with van der Waals surface area (Å²) in [6.07, 6.45) is 2.76. The van der Waals surface area contributed by atoms with Gasteiger partial charge in [0.05, 0.1) is 6.54 Å². The van der Waals surface area contributed by atoms with E-state index < -0.39 is 5.97 Å². The van der Waals surface area contributed by atoms with E-state index in [2.05, 4.69) is 10.3 Å².